The van der Waals surface area contributed by atoms with E-state index in [0.717, 1.165) is 23.4 Å². The van der Waals surface area contributed by atoms with Gasteiger partial charge in [0.15, 0.2) is 0 Å². The number of benzene rings is 1. The number of halogens is 1. The molecule has 0 saturated heterocycles. The average Bonchev–Trinajstić information content (AvgIpc) is 2.30. The lowest BCUT2D eigenvalue weighted by atomic mass is 10.1. The molecule has 0 radical (unpaired) electrons. The third-order valence-electron chi connectivity index (χ3n) is 2.84. The summed E-state index contributed by atoms with van der Waals surface area (Å²) in [5.41, 5.74) is 1.80. The Bertz CT molecular complexity index is 390. The van der Waals surface area contributed by atoms with E-state index in [0.29, 0.717) is 5.92 Å². The fourth-order valence-electron chi connectivity index (χ4n) is 1.81. The summed E-state index contributed by atoms with van der Waals surface area (Å²) in [6, 6.07) is 3.86. The summed E-state index contributed by atoms with van der Waals surface area (Å²) < 4.78 is 13.7. The number of hydrogen-bond donors (Lipinski definition) is 1. The molecule has 0 bridgehead atoms. The molecule has 0 saturated carbocycles. The minimum atomic E-state index is -0.108. The molecule has 1 unspecified atom stereocenters. The van der Waals surface area contributed by atoms with Gasteiger partial charge < -0.3 is 5.32 Å². The van der Waals surface area contributed by atoms with Crippen LogP contribution >= 0.6 is 11.8 Å². The maximum atomic E-state index is 13.7. The standard InChI is InChI=1S/C15H24FNS/c1-6-17-12(5)13-8-14(16)11(4)7-15(13)18-9-10(2)3/h7-8,10,12,17H,6,9H2,1-5H3. The van der Waals surface area contributed by atoms with Crippen molar-refractivity contribution in [3.63, 3.8) is 0 Å². The second kappa shape index (κ2) is 7.15. The van der Waals surface area contributed by atoms with E-state index >= 15 is 0 Å². The van der Waals surface area contributed by atoms with Gasteiger partial charge in [-0.05, 0) is 49.6 Å². The fourth-order valence-corrected chi connectivity index (χ4v) is 2.98. The summed E-state index contributed by atoms with van der Waals surface area (Å²) >= 11 is 1.83. The SMILES string of the molecule is CCNC(C)c1cc(F)c(C)cc1SCC(C)C. The normalized spacial score (nSPS) is 13.1. The Morgan fingerprint density at radius 1 is 1.28 bits per heavy atom. The van der Waals surface area contributed by atoms with E-state index < -0.39 is 0 Å². The van der Waals surface area contributed by atoms with Crippen LogP contribution in [0.4, 0.5) is 4.39 Å². The summed E-state index contributed by atoms with van der Waals surface area (Å²) in [7, 11) is 0. The number of rotatable bonds is 6. The Labute approximate surface area is 115 Å². The van der Waals surface area contributed by atoms with Gasteiger partial charge in [-0.25, -0.2) is 4.39 Å². The van der Waals surface area contributed by atoms with Gasteiger partial charge >= 0.3 is 0 Å². The molecule has 1 aromatic carbocycles. The minimum absolute atomic E-state index is 0.108. The molecule has 1 N–H and O–H groups in total. The van der Waals surface area contributed by atoms with E-state index in [1.165, 1.54) is 4.90 Å². The molecule has 3 heteroatoms. The second-order valence-electron chi connectivity index (χ2n) is 5.12. The first kappa shape index (κ1) is 15.5. The monoisotopic (exact) mass is 269 g/mol. The predicted molar refractivity (Wildman–Crippen MR) is 78.8 cm³/mol. The highest BCUT2D eigenvalue weighted by molar-refractivity contribution is 7.99. The number of hydrogen-bond acceptors (Lipinski definition) is 2. The topological polar surface area (TPSA) is 12.0 Å². The average molecular weight is 269 g/mol. The van der Waals surface area contributed by atoms with Crippen molar-refractivity contribution in [3.8, 4) is 0 Å². The molecule has 1 atom stereocenters. The Morgan fingerprint density at radius 3 is 2.50 bits per heavy atom. The first-order valence-electron chi connectivity index (χ1n) is 6.61. The number of aryl methyl sites for hydroxylation is 1. The Hall–Kier alpha value is -0.540. The first-order valence-corrected chi connectivity index (χ1v) is 7.60. The number of thioether (sulfide) groups is 1. The zero-order chi connectivity index (χ0) is 13.7. The van der Waals surface area contributed by atoms with Gasteiger partial charge in [-0.1, -0.05) is 20.8 Å². The first-order chi connectivity index (χ1) is 8.45. The summed E-state index contributed by atoms with van der Waals surface area (Å²) in [5.74, 6) is 1.60. The zero-order valence-corrected chi connectivity index (χ0v) is 12.8. The van der Waals surface area contributed by atoms with Gasteiger partial charge in [-0.3, -0.25) is 0 Å². The van der Waals surface area contributed by atoms with Crippen molar-refractivity contribution in [2.45, 2.75) is 45.6 Å². The van der Waals surface area contributed by atoms with Crippen LogP contribution in [0.2, 0.25) is 0 Å². The highest BCUT2D eigenvalue weighted by atomic mass is 32.2. The lowest BCUT2D eigenvalue weighted by molar-refractivity contribution is 0.571. The summed E-state index contributed by atoms with van der Waals surface area (Å²) in [4.78, 5) is 1.20. The minimum Gasteiger partial charge on any atom is -0.310 e. The fraction of sp³-hybridized carbons (Fsp3) is 0.600. The third-order valence-corrected chi connectivity index (χ3v) is 4.34. The van der Waals surface area contributed by atoms with E-state index in [1.54, 1.807) is 6.07 Å². The lowest BCUT2D eigenvalue weighted by Gasteiger charge is -2.18. The smallest absolute Gasteiger partial charge is 0.126 e. The zero-order valence-electron chi connectivity index (χ0n) is 12.0. The quantitative estimate of drug-likeness (QED) is 0.760. The summed E-state index contributed by atoms with van der Waals surface area (Å²) in [5, 5.41) is 3.36. The molecule has 1 rings (SSSR count). The van der Waals surface area contributed by atoms with Gasteiger partial charge in [-0.2, -0.15) is 0 Å². The van der Waals surface area contributed by atoms with E-state index in [4.69, 9.17) is 0 Å². The lowest BCUT2D eigenvalue weighted by Crippen LogP contribution is -2.18. The molecular formula is C15H24FNS. The van der Waals surface area contributed by atoms with Crippen LogP contribution in [0.1, 0.15) is 44.9 Å². The highest BCUT2D eigenvalue weighted by Gasteiger charge is 2.13. The predicted octanol–water partition coefficient (Wildman–Crippen LogP) is 4.55. The van der Waals surface area contributed by atoms with Gasteiger partial charge in [0.2, 0.25) is 0 Å². The van der Waals surface area contributed by atoms with Gasteiger partial charge in [0.25, 0.3) is 0 Å². The van der Waals surface area contributed by atoms with Crippen LogP contribution in [0.3, 0.4) is 0 Å². The Balaban J connectivity index is 3.00. The Kier molecular flexibility index (Phi) is 6.16. The maximum absolute atomic E-state index is 13.7. The summed E-state index contributed by atoms with van der Waals surface area (Å²) in [6.07, 6.45) is 0. The van der Waals surface area contributed by atoms with Crippen LogP contribution in [-0.2, 0) is 0 Å². The van der Waals surface area contributed by atoms with Crippen molar-refractivity contribution in [2.75, 3.05) is 12.3 Å². The Morgan fingerprint density at radius 2 is 1.94 bits per heavy atom. The van der Waals surface area contributed by atoms with Crippen LogP contribution in [0.5, 0.6) is 0 Å². The van der Waals surface area contributed by atoms with E-state index in [2.05, 4.69) is 33.0 Å². The van der Waals surface area contributed by atoms with Crippen LogP contribution in [0.25, 0.3) is 0 Å². The van der Waals surface area contributed by atoms with E-state index in [1.807, 2.05) is 24.8 Å². The molecule has 0 aliphatic rings. The molecular weight excluding hydrogens is 245 g/mol. The van der Waals surface area contributed by atoms with Crippen molar-refractivity contribution in [3.05, 3.63) is 29.1 Å². The molecule has 0 aliphatic heterocycles. The summed E-state index contributed by atoms with van der Waals surface area (Å²) in [6.45, 7) is 11.3. The van der Waals surface area contributed by atoms with E-state index in [9.17, 15) is 4.39 Å². The third kappa shape index (κ3) is 4.29. The van der Waals surface area contributed by atoms with Crippen LogP contribution < -0.4 is 5.32 Å². The van der Waals surface area contributed by atoms with Gasteiger partial charge in [0, 0.05) is 16.7 Å². The van der Waals surface area contributed by atoms with Crippen molar-refractivity contribution in [1.82, 2.24) is 5.32 Å². The molecule has 102 valence electrons. The van der Waals surface area contributed by atoms with Crippen molar-refractivity contribution in [1.29, 1.82) is 0 Å². The maximum Gasteiger partial charge on any atom is 0.126 e. The van der Waals surface area contributed by atoms with Crippen LogP contribution in [0.15, 0.2) is 17.0 Å². The molecule has 0 amide bonds. The van der Waals surface area contributed by atoms with Crippen molar-refractivity contribution >= 4 is 11.8 Å². The molecule has 0 heterocycles. The highest BCUT2D eigenvalue weighted by Crippen LogP contribution is 2.31. The van der Waals surface area contributed by atoms with Crippen LogP contribution in [0, 0.1) is 18.7 Å². The molecule has 0 spiro atoms. The van der Waals surface area contributed by atoms with Crippen molar-refractivity contribution in [2.24, 2.45) is 5.92 Å². The van der Waals surface area contributed by atoms with Gasteiger partial charge in [0.05, 0.1) is 0 Å². The van der Waals surface area contributed by atoms with E-state index in [-0.39, 0.29) is 11.9 Å². The van der Waals surface area contributed by atoms with Gasteiger partial charge in [0.1, 0.15) is 5.82 Å². The number of nitrogens with one attached hydrogen (secondary N) is 1. The van der Waals surface area contributed by atoms with Crippen LogP contribution in [-0.4, -0.2) is 12.3 Å². The largest absolute Gasteiger partial charge is 0.310 e. The molecule has 1 aromatic rings. The second-order valence-corrected chi connectivity index (χ2v) is 6.19. The van der Waals surface area contributed by atoms with Crippen molar-refractivity contribution < 1.29 is 4.39 Å². The molecule has 0 aromatic heterocycles. The van der Waals surface area contributed by atoms with Gasteiger partial charge in [-0.15, -0.1) is 11.8 Å². The molecule has 1 nitrogen and oxygen atoms in total. The molecule has 0 fully saturated rings. The molecule has 0 aliphatic carbocycles. The molecule has 18 heavy (non-hydrogen) atoms.